The average molecular weight is 406 g/mol. The maximum Gasteiger partial charge on any atom is 0.294 e. The van der Waals surface area contributed by atoms with Gasteiger partial charge in [0, 0.05) is 47.5 Å². The Labute approximate surface area is 166 Å². The van der Waals surface area contributed by atoms with E-state index in [9.17, 15) is 14.9 Å². The van der Waals surface area contributed by atoms with Crippen molar-refractivity contribution in [3.05, 3.63) is 54.7 Å². The number of anilines is 1. The number of piperazine rings is 1. The topological polar surface area (TPSA) is 66.7 Å². The molecule has 0 saturated carbocycles. The Kier molecular flexibility index (Phi) is 5.06. The Hall–Kier alpha value is -2.12. The summed E-state index contributed by atoms with van der Waals surface area (Å²) in [6.07, 6.45) is 4.44. The second-order valence-electron chi connectivity index (χ2n) is 6.93. The summed E-state index contributed by atoms with van der Waals surface area (Å²) in [5.41, 5.74) is 2.67. The molecule has 8 heteroatoms. The van der Waals surface area contributed by atoms with Crippen molar-refractivity contribution < 1.29 is 9.72 Å². The van der Waals surface area contributed by atoms with Crippen LogP contribution in [-0.4, -0.2) is 41.9 Å². The zero-order chi connectivity index (χ0) is 19.0. The van der Waals surface area contributed by atoms with Gasteiger partial charge in [0.05, 0.1) is 10.5 Å². The number of hydrogen-bond donors (Lipinski definition) is 0. The monoisotopic (exact) mass is 405 g/mol. The molecule has 2 aliphatic rings. The van der Waals surface area contributed by atoms with Crippen molar-refractivity contribution in [3.8, 4) is 0 Å². The lowest BCUT2D eigenvalue weighted by Gasteiger charge is -2.36. The van der Waals surface area contributed by atoms with Crippen LogP contribution in [0.25, 0.3) is 0 Å². The van der Waals surface area contributed by atoms with Crippen molar-refractivity contribution in [1.29, 1.82) is 0 Å². The van der Waals surface area contributed by atoms with Crippen LogP contribution in [0.15, 0.2) is 23.6 Å². The zero-order valence-electron chi connectivity index (χ0n) is 14.8. The average Bonchev–Trinajstić information content (AvgIpc) is 3.11. The van der Waals surface area contributed by atoms with Crippen molar-refractivity contribution in [1.82, 2.24) is 4.90 Å². The lowest BCUT2D eigenvalue weighted by Crippen LogP contribution is -2.49. The van der Waals surface area contributed by atoms with Gasteiger partial charge in [0.1, 0.15) is 5.69 Å². The molecule has 0 N–H and O–H groups in total. The van der Waals surface area contributed by atoms with E-state index in [1.165, 1.54) is 22.9 Å². The molecule has 1 saturated heterocycles. The third kappa shape index (κ3) is 3.53. The summed E-state index contributed by atoms with van der Waals surface area (Å²) in [4.78, 5) is 29.1. The van der Waals surface area contributed by atoms with E-state index < -0.39 is 4.92 Å². The quantitative estimate of drug-likeness (QED) is 0.568. The first-order valence-electron chi connectivity index (χ1n) is 9.12. The molecule has 6 nitrogen and oxygen atoms in total. The van der Waals surface area contributed by atoms with Gasteiger partial charge in [-0.1, -0.05) is 11.6 Å². The molecule has 1 aliphatic heterocycles. The molecule has 4 rings (SSSR count). The first-order valence-corrected chi connectivity index (χ1v) is 10.4. The van der Waals surface area contributed by atoms with Crippen molar-refractivity contribution >= 4 is 40.2 Å². The molecule has 0 radical (unpaired) electrons. The fourth-order valence-electron chi connectivity index (χ4n) is 3.90. The maximum atomic E-state index is 13.0. The van der Waals surface area contributed by atoms with Crippen LogP contribution in [0.3, 0.4) is 0 Å². The maximum absolute atomic E-state index is 13.0. The molecule has 1 amide bonds. The molecule has 1 aromatic carbocycles. The third-order valence-electron chi connectivity index (χ3n) is 5.33. The van der Waals surface area contributed by atoms with Crippen molar-refractivity contribution in [2.24, 2.45) is 0 Å². The number of carbonyl (C=O) groups excluding carboxylic acids is 1. The smallest absolute Gasteiger partial charge is 0.294 e. The third-order valence-corrected chi connectivity index (χ3v) is 6.66. The van der Waals surface area contributed by atoms with Crippen LogP contribution in [0.1, 0.15) is 33.6 Å². The molecule has 0 spiro atoms. The number of aryl methyl sites for hydroxylation is 1. The highest BCUT2D eigenvalue weighted by Gasteiger charge is 2.29. The Bertz CT molecular complexity index is 890. The van der Waals surface area contributed by atoms with Gasteiger partial charge in [0.2, 0.25) is 0 Å². The molecule has 27 heavy (non-hydrogen) atoms. The fraction of sp³-hybridized carbons (Fsp3) is 0.421. The minimum Gasteiger partial charge on any atom is -0.362 e. The number of thiophene rings is 1. The van der Waals surface area contributed by atoms with Crippen LogP contribution < -0.4 is 4.90 Å². The minimum atomic E-state index is -0.406. The molecule has 1 aliphatic carbocycles. The zero-order valence-corrected chi connectivity index (χ0v) is 16.4. The second kappa shape index (κ2) is 7.48. The van der Waals surface area contributed by atoms with Crippen LogP contribution in [0.2, 0.25) is 5.02 Å². The molecule has 1 aromatic heterocycles. The molecule has 142 valence electrons. The van der Waals surface area contributed by atoms with E-state index in [0.29, 0.717) is 36.9 Å². The van der Waals surface area contributed by atoms with Crippen LogP contribution in [0.5, 0.6) is 0 Å². The summed E-state index contributed by atoms with van der Waals surface area (Å²) in [7, 11) is 0. The molecule has 0 unspecified atom stereocenters. The van der Waals surface area contributed by atoms with Gasteiger partial charge in [-0.3, -0.25) is 14.9 Å². The van der Waals surface area contributed by atoms with Crippen molar-refractivity contribution in [2.75, 3.05) is 31.1 Å². The number of nitrogens with zero attached hydrogens (tertiary/aromatic N) is 3. The highest BCUT2D eigenvalue weighted by molar-refractivity contribution is 7.10. The number of nitro benzene ring substituents is 1. The van der Waals surface area contributed by atoms with Gasteiger partial charge in [-0.05, 0) is 43.4 Å². The van der Waals surface area contributed by atoms with Gasteiger partial charge in [-0.25, -0.2) is 0 Å². The molecule has 1 fully saturated rings. The van der Waals surface area contributed by atoms with Gasteiger partial charge >= 0.3 is 0 Å². The molecule has 2 aromatic rings. The number of benzene rings is 1. The van der Waals surface area contributed by atoms with Gasteiger partial charge in [0.15, 0.2) is 0 Å². The fourth-order valence-corrected chi connectivity index (χ4v) is 5.19. The summed E-state index contributed by atoms with van der Waals surface area (Å²) in [6.45, 7) is 2.26. The number of halogens is 1. The van der Waals surface area contributed by atoms with E-state index in [-0.39, 0.29) is 11.6 Å². The summed E-state index contributed by atoms with van der Waals surface area (Å²) in [5, 5.41) is 13.7. The number of carbonyl (C=O) groups is 1. The first-order chi connectivity index (χ1) is 13.0. The summed E-state index contributed by atoms with van der Waals surface area (Å²) < 4.78 is 0. The van der Waals surface area contributed by atoms with Crippen LogP contribution in [0, 0.1) is 10.1 Å². The number of fused-ring (bicyclic) bond motifs is 1. The molecular formula is C19H20ClN3O3S. The lowest BCUT2D eigenvalue weighted by molar-refractivity contribution is -0.384. The van der Waals surface area contributed by atoms with Gasteiger partial charge in [-0.2, -0.15) is 0 Å². The normalized spacial score (nSPS) is 16.9. The molecule has 0 atom stereocenters. The summed E-state index contributed by atoms with van der Waals surface area (Å²) >= 11 is 7.61. The summed E-state index contributed by atoms with van der Waals surface area (Å²) in [6, 6.07) is 4.73. The lowest BCUT2D eigenvalue weighted by atomic mass is 9.95. The van der Waals surface area contributed by atoms with E-state index in [4.69, 9.17) is 11.6 Å². The molecule has 0 bridgehead atoms. The SMILES string of the molecule is O=C(c1csc2c1CCCC2)N1CCN(c2ccc(Cl)cc2[N+](=O)[O-])CC1. The second-order valence-corrected chi connectivity index (χ2v) is 8.33. The van der Waals surface area contributed by atoms with Crippen molar-refractivity contribution in [2.45, 2.75) is 25.7 Å². The number of hydrogen-bond acceptors (Lipinski definition) is 5. The number of nitro groups is 1. The largest absolute Gasteiger partial charge is 0.362 e. The molecular weight excluding hydrogens is 386 g/mol. The first kappa shape index (κ1) is 18.3. The standard InChI is InChI=1S/C19H20ClN3O3S/c20-13-5-6-16(17(11-13)23(25)26)21-7-9-22(10-8-21)19(24)15-12-27-18-4-2-1-3-14(15)18/h5-6,11-12H,1-4,7-10H2. The van der Waals surface area contributed by atoms with E-state index in [1.54, 1.807) is 23.5 Å². The Morgan fingerprint density at radius 3 is 2.63 bits per heavy atom. The van der Waals surface area contributed by atoms with E-state index >= 15 is 0 Å². The summed E-state index contributed by atoms with van der Waals surface area (Å²) in [5.74, 6) is 0.0969. The van der Waals surface area contributed by atoms with Gasteiger partial charge in [0.25, 0.3) is 11.6 Å². The predicted molar refractivity (Wildman–Crippen MR) is 107 cm³/mol. The Morgan fingerprint density at radius 2 is 1.89 bits per heavy atom. The Balaban J connectivity index is 1.47. The van der Waals surface area contributed by atoms with E-state index in [1.807, 2.05) is 15.2 Å². The molecule has 2 heterocycles. The minimum absolute atomic E-state index is 0.00850. The van der Waals surface area contributed by atoms with Crippen LogP contribution >= 0.6 is 22.9 Å². The Morgan fingerprint density at radius 1 is 1.15 bits per heavy atom. The van der Waals surface area contributed by atoms with E-state index in [2.05, 4.69) is 0 Å². The van der Waals surface area contributed by atoms with E-state index in [0.717, 1.165) is 24.8 Å². The highest BCUT2D eigenvalue weighted by atomic mass is 35.5. The van der Waals surface area contributed by atoms with Crippen LogP contribution in [0.4, 0.5) is 11.4 Å². The van der Waals surface area contributed by atoms with Gasteiger partial charge in [-0.15, -0.1) is 11.3 Å². The van der Waals surface area contributed by atoms with Crippen LogP contribution in [-0.2, 0) is 12.8 Å². The number of amides is 1. The number of rotatable bonds is 3. The van der Waals surface area contributed by atoms with Crippen molar-refractivity contribution in [3.63, 3.8) is 0 Å². The van der Waals surface area contributed by atoms with Gasteiger partial charge < -0.3 is 9.80 Å². The predicted octanol–water partition coefficient (Wildman–Crippen LogP) is 4.15. The highest BCUT2D eigenvalue weighted by Crippen LogP contribution is 2.33.